The van der Waals surface area contributed by atoms with Gasteiger partial charge in [0.25, 0.3) is 0 Å². The highest BCUT2D eigenvalue weighted by Gasteiger charge is 2.68. The number of hydrogen-bond acceptors (Lipinski definition) is 6. The van der Waals surface area contributed by atoms with E-state index in [0.29, 0.717) is 21.7 Å². The van der Waals surface area contributed by atoms with Crippen LogP contribution in [0.1, 0.15) is 28.3 Å². The molecule has 2 aromatic rings. The van der Waals surface area contributed by atoms with Gasteiger partial charge in [0, 0.05) is 11.1 Å². The predicted octanol–water partition coefficient (Wildman–Crippen LogP) is 2.24. The Morgan fingerprint density at radius 1 is 1.09 bits per heavy atom. The van der Waals surface area contributed by atoms with Crippen molar-refractivity contribution in [1.82, 2.24) is 5.32 Å². The van der Waals surface area contributed by atoms with E-state index in [0.717, 1.165) is 10.5 Å². The van der Waals surface area contributed by atoms with Gasteiger partial charge in [-0.1, -0.05) is 29.8 Å². The zero-order chi connectivity index (χ0) is 23.5. The maximum absolute atomic E-state index is 13.5. The van der Waals surface area contributed by atoms with Gasteiger partial charge in [0.05, 0.1) is 24.1 Å². The van der Waals surface area contributed by atoms with Gasteiger partial charge in [-0.15, -0.1) is 0 Å². The van der Waals surface area contributed by atoms with Gasteiger partial charge in [-0.25, -0.2) is 4.90 Å². The van der Waals surface area contributed by atoms with Crippen molar-refractivity contribution in [2.45, 2.75) is 32.4 Å². The molecule has 2 amide bonds. The summed E-state index contributed by atoms with van der Waals surface area (Å²) < 4.78 is 0. The number of nitrogens with one attached hydrogen (secondary N) is 1. The van der Waals surface area contributed by atoms with Crippen molar-refractivity contribution in [3.63, 3.8) is 0 Å². The van der Waals surface area contributed by atoms with Crippen LogP contribution in [0, 0.1) is 32.6 Å². The molecule has 8 nitrogen and oxygen atoms in total. The Morgan fingerprint density at radius 3 is 2.25 bits per heavy atom. The van der Waals surface area contributed by atoms with Crippen LogP contribution in [-0.4, -0.2) is 45.2 Å². The molecule has 4 atom stereocenters. The Morgan fingerprint density at radius 2 is 1.72 bits per heavy atom. The number of aromatic hydroxyl groups is 1. The molecule has 4 N–H and O–H groups in total. The second kappa shape index (κ2) is 7.58. The second-order valence-electron chi connectivity index (χ2n) is 8.51. The monoisotopic (exact) mass is 458 g/mol. The van der Waals surface area contributed by atoms with Crippen LogP contribution in [0.4, 0.5) is 5.69 Å². The van der Waals surface area contributed by atoms with Crippen molar-refractivity contribution in [2.75, 3.05) is 11.5 Å². The molecule has 0 radical (unpaired) electrons. The molecule has 4 rings (SSSR count). The number of carbonyl (C=O) groups is 3. The molecule has 0 aromatic heterocycles. The van der Waals surface area contributed by atoms with E-state index in [2.05, 4.69) is 5.32 Å². The fraction of sp³-hybridized carbons (Fsp3) is 0.348. The Hall–Kier alpha value is -2.94. The summed E-state index contributed by atoms with van der Waals surface area (Å²) >= 11 is 6.20. The molecule has 2 aliphatic rings. The van der Waals surface area contributed by atoms with Crippen LogP contribution in [-0.2, 0) is 14.4 Å². The fourth-order valence-electron chi connectivity index (χ4n) is 4.84. The molecule has 2 saturated heterocycles. The largest absolute Gasteiger partial charge is 0.507 e. The van der Waals surface area contributed by atoms with Gasteiger partial charge in [0.2, 0.25) is 11.8 Å². The number of anilines is 1. The van der Waals surface area contributed by atoms with Crippen LogP contribution in [0.3, 0.4) is 0 Å². The number of hydrogen-bond donors (Lipinski definition) is 4. The number of aryl methyl sites for hydroxylation is 3. The Kier molecular flexibility index (Phi) is 5.27. The normalized spacial score (nSPS) is 27.2. The summed E-state index contributed by atoms with van der Waals surface area (Å²) in [4.78, 5) is 40.2. The molecule has 2 aromatic carbocycles. The zero-order valence-corrected chi connectivity index (χ0v) is 18.5. The number of amides is 2. The molecule has 32 heavy (non-hydrogen) atoms. The number of imide groups is 1. The first-order valence-corrected chi connectivity index (χ1v) is 10.5. The number of phenols is 1. The molecule has 168 valence electrons. The summed E-state index contributed by atoms with van der Waals surface area (Å²) in [5.74, 6) is -4.99. The van der Waals surface area contributed by atoms with E-state index in [-0.39, 0.29) is 11.4 Å². The average molecular weight is 459 g/mol. The summed E-state index contributed by atoms with van der Waals surface area (Å²) in [6, 6.07) is 7.18. The van der Waals surface area contributed by atoms with Crippen molar-refractivity contribution in [3.05, 3.63) is 57.6 Å². The van der Waals surface area contributed by atoms with Crippen LogP contribution < -0.4 is 10.2 Å². The van der Waals surface area contributed by atoms with Crippen molar-refractivity contribution < 1.29 is 29.7 Å². The first-order valence-electron chi connectivity index (χ1n) is 10.1. The number of carboxylic acids is 1. The molecular formula is C23H23ClN2O6. The average Bonchev–Trinajstić information content (AvgIpc) is 3.22. The molecule has 4 unspecified atom stereocenters. The van der Waals surface area contributed by atoms with Gasteiger partial charge < -0.3 is 15.3 Å². The van der Waals surface area contributed by atoms with E-state index >= 15 is 0 Å². The van der Waals surface area contributed by atoms with E-state index in [4.69, 9.17) is 11.6 Å². The lowest BCUT2D eigenvalue weighted by Gasteiger charge is -2.29. The van der Waals surface area contributed by atoms with Gasteiger partial charge in [0.15, 0.2) is 5.54 Å². The topological polar surface area (TPSA) is 127 Å². The minimum absolute atomic E-state index is 0.0969. The van der Waals surface area contributed by atoms with Crippen LogP contribution >= 0.6 is 11.6 Å². The first-order chi connectivity index (χ1) is 15.0. The number of carboxylic acid groups (broad SMARTS) is 1. The molecule has 2 fully saturated rings. The summed E-state index contributed by atoms with van der Waals surface area (Å²) in [6.07, 6.45) is 0. The van der Waals surface area contributed by atoms with E-state index < -0.39 is 47.8 Å². The number of halogens is 1. The van der Waals surface area contributed by atoms with Crippen LogP contribution in [0.25, 0.3) is 0 Å². The zero-order valence-electron chi connectivity index (χ0n) is 17.7. The predicted molar refractivity (Wildman–Crippen MR) is 117 cm³/mol. The molecule has 0 spiro atoms. The quantitative estimate of drug-likeness (QED) is 0.517. The van der Waals surface area contributed by atoms with Gasteiger partial charge in [-0.05, 0) is 55.2 Å². The molecule has 2 heterocycles. The van der Waals surface area contributed by atoms with E-state index in [1.165, 1.54) is 6.07 Å². The number of nitrogens with zero attached hydrogens (tertiary/aromatic N) is 1. The van der Waals surface area contributed by atoms with E-state index in [1.807, 2.05) is 0 Å². The number of aliphatic hydroxyl groups is 1. The van der Waals surface area contributed by atoms with E-state index in [9.17, 15) is 29.7 Å². The highest BCUT2D eigenvalue weighted by atomic mass is 35.5. The third-order valence-corrected chi connectivity index (χ3v) is 6.98. The standard InChI is InChI=1S/C23H23ClN2O6/c1-10-4-5-14(8-15(10)24)26-20(29)16-17(21(26)30)23(9-27,22(31)32)25-18(16)13-6-11(2)19(28)12(3)7-13/h4-8,16-18,25,27-28H,9H2,1-3H3,(H,31,32). The van der Waals surface area contributed by atoms with Gasteiger partial charge in [-0.2, -0.15) is 0 Å². The maximum atomic E-state index is 13.5. The Bertz CT molecular complexity index is 1140. The fourth-order valence-corrected chi connectivity index (χ4v) is 5.02. The number of benzene rings is 2. The number of aliphatic carboxylic acids is 1. The first kappa shape index (κ1) is 22.3. The molecule has 0 bridgehead atoms. The van der Waals surface area contributed by atoms with Crippen molar-refractivity contribution in [3.8, 4) is 5.75 Å². The summed E-state index contributed by atoms with van der Waals surface area (Å²) in [6.45, 7) is 4.29. The Balaban J connectivity index is 1.88. The number of aliphatic hydroxyl groups excluding tert-OH is 1. The van der Waals surface area contributed by atoms with Crippen molar-refractivity contribution in [2.24, 2.45) is 11.8 Å². The minimum atomic E-state index is -2.04. The summed E-state index contributed by atoms with van der Waals surface area (Å²) in [7, 11) is 0. The van der Waals surface area contributed by atoms with Gasteiger partial charge in [-0.3, -0.25) is 19.7 Å². The number of fused-ring (bicyclic) bond motifs is 1. The van der Waals surface area contributed by atoms with E-state index in [1.54, 1.807) is 45.0 Å². The molecular weight excluding hydrogens is 436 g/mol. The summed E-state index contributed by atoms with van der Waals surface area (Å²) in [5.41, 5.74) is 0.626. The van der Waals surface area contributed by atoms with Crippen LogP contribution in [0.15, 0.2) is 30.3 Å². The summed E-state index contributed by atoms with van der Waals surface area (Å²) in [5, 5.41) is 33.5. The molecule has 0 aliphatic carbocycles. The molecule has 0 saturated carbocycles. The smallest absolute Gasteiger partial charge is 0.327 e. The number of rotatable bonds is 4. The second-order valence-corrected chi connectivity index (χ2v) is 8.92. The third-order valence-electron chi connectivity index (χ3n) is 6.57. The highest BCUT2D eigenvalue weighted by Crippen LogP contribution is 2.50. The maximum Gasteiger partial charge on any atom is 0.327 e. The number of phenolic OH excluding ortho intramolecular Hbond substituents is 1. The Labute approximate surface area is 189 Å². The SMILES string of the molecule is Cc1ccc(N2C(=O)C3C(c4cc(C)c(O)c(C)c4)NC(CO)(C(=O)O)C3C2=O)cc1Cl. The van der Waals surface area contributed by atoms with Crippen molar-refractivity contribution >= 4 is 35.1 Å². The van der Waals surface area contributed by atoms with Crippen LogP contribution in [0.2, 0.25) is 5.02 Å². The van der Waals surface area contributed by atoms with Gasteiger partial charge >= 0.3 is 5.97 Å². The lowest BCUT2D eigenvalue weighted by Crippen LogP contribution is -2.58. The lowest BCUT2D eigenvalue weighted by atomic mass is 9.79. The highest BCUT2D eigenvalue weighted by molar-refractivity contribution is 6.32. The third kappa shape index (κ3) is 3.02. The lowest BCUT2D eigenvalue weighted by molar-refractivity contribution is -0.150. The molecule has 9 heteroatoms. The van der Waals surface area contributed by atoms with Gasteiger partial charge in [0.1, 0.15) is 5.75 Å². The minimum Gasteiger partial charge on any atom is -0.507 e. The number of carbonyl (C=O) groups excluding carboxylic acids is 2. The van der Waals surface area contributed by atoms with Crippen LogP contribution in [0.5, 0.6) is 5.75 Å². The molecule has 2 aliphatic heterocycles. The van der Waals surface area contributed by atoms with Crippen molar-refractivity contribution in [1.29, 1.82) is 0 Å².